The van der Waals surface area contributed by atoms with E-state index in [-0.39, 0.29) is 29.8 Å². The van der Waals surface area contributed by atoms with Crippen molar-refractivity contribution in [3.8, 4) is 23.0 Å². The van der Waals surface area contributed by atoms with Crippen LogP contribution in [0.2, 0.25) is 0 Å². The maximum absolute atomic E-state index is 11.0. The molecule has 0 unspecified atom stereocenters. The highest BCUT2D eigenvalue weighted by Crippen LogP contribution is 2.53. The normalized spacial score (nSPS) is 25.1. The van der Waals surface area contributed by atoms with Gasteiger partial charge < -0.3 is 25.2 Å². The summed E-state index contributed by atoms with van der Waals surface area (Å²) >= 11 is 0. The molecule has 2 aliphatic rings. The number of benzene rings is 2. The van der Waals surface area contributed by atoms with Crippen LogP contribution >= 0.6 is 0 Å². The summed E-state index contributed by atoms with van der Waals surface area (Å²) in [6, 6.07) is 6.36. The first-order valence-corrected chi connectivity index (χ1v) is 7.12. The molecule has 0 fully saturated rings. The number of hydrogen-bond donors (Lipinski definition) is 4. The molecular weight excluding hydrogens is 284 g/mol. The highest BCUT2D eigenvalue weighted by molar-refractivity contribution is 5.59. The van der Waals surface area contributed by atoms with Gasteiger partial charge in [-0.1, -0.05) is 0 Å². The minimum absolute atomic E-state index is 0.101. The summed E-state index contributed by atoms with van der Waals surface area (Å²) in [5.74, 6) is -0.0539. The second-order valence-corrected chi connectivity index (χ2v) is 6.22. The van der Waals surface area contributed by atoms with Crippen LogP contribution in [0.1, 0.15) is 28.2 Å². The zero-order valence-electron chi connectivity index (χ0n) is 12.0. The Bertz CT molecular complexity index is 798. The molecule has 0 saturated heterocycles. The molecule has 5 heteroatoms. The number of rotatable bonds is 0. The van der Waals surface area contributed by atoms with E-state index in [9.17, 15) is 20.4 Å². The van der Waals surface area contributed by atoms with Gasteiger partial charge in [0, 0.05) is 24.0 Å². The van der Waals surface area contributed by atoms with Crippen molar-refractivity contribution in [1.82, 2.24) is 0 Å². The Morgan fingerprint density at radius 3 is 2.50 bits per heavy atom. The SMILES string of the molecule is Cc1cc2c(cc1O)OC[C@]1(O)Cc3cc(O)c(O)cc3[C@H]21. The van der Waals surface area contributed by atoms with Gasteiger partial charge in [0.05, 0.1) is 0 Å². The lowest BCUT2D eigenvalue weighted by Crippen LogP contribution is -2.43. The molecule has 4 rings (SSSR count). The second kappa shape index (κ2) is 4.08. The first-order valence-electron chi connectivity index (χ1n) is 7.12. The molecule has 0 saturated carbocycles. The van der Waals surface area contributed by atoms with Crippen LogP contribution in [0.25, 0.3) is 0 Å². The van der Waals surface area contributed by atoms with Gasteiger partial charge in [-0.05, 0) is 41.8 Å². The van der Waals surface area contributed by atoms with E-state index in [0.717, 1.165) is 16.7 Å². The molecule has 1 heterocycles. The van der Waals surface area contributed by atoms with Crippen LogP contribution in [0.4, 0.5) is 0 Å². The van der Waals surface area contributed by atoms with E-state index in [4.69, 9.17) is 4.74 Å². The van der Waals surface area contributed by atoms with E-state index >= 15 is 0 Å². The van der Waals surface area contributed by atoms with E-state index < -0.39 is 5.60 Å². The average Bonchev–Trinajstić information content (AvgIpc) is 2.73. The molecule has 4 N–H and O–H groups in total. The number of aliphatic hydroxyl groups is 1. The number of aryl methyl sites for hydroxylation is 1. The predicted molar refractivity (Wildman–Crippen MR) is 78.6 cm³/mol. The molecule has 0 amide bonds. The molecular formula is C17H16O5. The highest BCUT2D eigenvalue weighted by atomic mass is 16.5. The Balaban J connectivity index is 1.96. The molecule has 2 aromatic carbocycles. The summed E-state index contributed by atoms with van der Waals surface area (Å²) in [5.41, 5.74) is 1.95. The first kappa shape index (κ1) is 13.3. The zero-order valence-corrected chi connectivity index (χ0v) is 12.0. The minimum atomic E-state index is -1.11. The molecule has 114 valence electrons. The van der Waals surface area contributed by atoms with E-state index in [1.165, 1.54) is 12.1 Å². The van der Waals surface area contributed by atoms with Crippen LogP contribution in [0, 0.1) is 6.92 Å². The Hall–Kier alpha value is -2.40. The van der Waals surface area contributed by atoms with E-state index in [0.29, 0.717) is 17.7 Å². The summed E-state index contributed by atoms with van der Waals surface area (Å²) in [4.78, 5) is 0. The number of phenolic OH excluding ortho intramolecular Hbond substituents is 3. The standard InChI is InChI=1S/C17H16O5/c1-8-2-11-15(5-12(8)18)22-7-17(21)6-9-3-13(19)14(20)4-10(9)16(11)17/h2-5,16,18-21H,6-7H2,1H3/t16-,17-/m1/s1. The third-order valence-electron chi connectivity index (χ3n) is 4.70. The summed E-state index contributed by atoms with van der Waals surface area (Å²) < 4.78 is 5.63. The third-order valence-corrected chi connectivity index (χ3v) is 4.70. The number of hydrogen-bond acceptors (Lipinski definition) is 5. The fourth-order valence-electron chi connectivity index (χ4n) is 3.62. The molecule has 5 nitrogen and oxygen atoms in total. The van der Waals surface area contributed by atoms with E-state index in [2.05, 4.69) is 0 Å². The van der Waals surface area contributed by atoms with E-state index in [1.54, 1.807) is 19.1 Å². The number of fused-ring (bicyclic) bond motifs is 5. The van der Waals surface area contributed by atoms with Crippen molar-refractivity contribution in [1.29, 1.82) is 0 Å². The molecule has 22 heavy (non-hydrogen) atoms. The Morgan fingerprint density at radius 2 is 1.73 bits per heavy atom. The van der Waals surface area contributed by atoms with Crippen molar-refractivity contribution >= 4 is 0 Å². The number of phenols is 3. The zero-order chi connectivity index (χ0) is 15.6. The fourth-order valence-corrected chi connectivity index (χ4v) is 3.62. The summed E-state index contributed by atoms with van der Waals surface area (Å²) in [6.45, 7) is 1.89. The van der Waals surface area contributed by atoms with Crippen molar-refractivity contribution in [2.75, 3.05) is 6.61 Å². The van der Waals surface area contributed by atoms with Gasteiger partial charge in [-0.15, -0.1) is 0 Å². The monoisotopic (exact) mass is 300 g/mol. The molecule has 1 aliphatic carbocycles. The van der Waals surface area contributed by atoms with Crippen molar-refractivity contribution in [2.24, 2.45) is 0 Å². The Labute approximate surface area is 127 Å². The van der Waals surface area contributed by atoms with Crippen molar-refractivity contribution in [2.45, 2.75) is 24.9 Å². The molecule has 0 aromatic heterocycles. The molecule has 0 radical (unpaired) electrons. The largest absolute Gasteiger partial charge is 0.508 e. The maximum atomic E-state index is 11.0. The molecule has 0 spiro atoms. The quantitative estimate of drug-likeness (QED) is 0.558. The summed E-state index contributed by atoms with van der Waals surface area (Å²) in [5, 5.41) is 40.3. The highest BCUT2D eigenvalue weighted by Gasteiger charge is 2.50. The van der Waals surface area contributed by atoms with Crippen molar-refractivity contribution in [3.63, 3.8) is 0 Å². The van der Waals surface area contributed by atoms with E-state index in [1.807, 2.05) is 0 Å². The van der Waals surface area contributed by atoms with Crippen LogP contribution in [0.15, 0.2) is 24.3 Å². The summed E-state index contributed by atoms with van der Waals surface area (Å²) in [7, 11) is 0. The Morgan fingerprint density at radius 1 is 1.00 bits per heavy atom. The van der Waals surface area contributed by atoms with Crippen LogP contribution < -0.4 is 4.74 Å². The fraction of sp³-hybridized carbons (Fsp3) is 0.294. The predicted octanol–water partition coefficient (Wildman–Crippen LogP) is 1.92. The molecule has 2 aromatic rings. The lowest BCUT2D eigenvalue weighted by atomic mass is 9.80. The molecule has 0 bridgehead atoms. The van der Waals surface area contributed by atoms with Crippen LogP contribution in [-0.2, 0) is 6.42 Å². The lowest BCUT2D eigenvalue weighted by molar-refractivity contribution is -0.0219. The average molecular weight is 300 g/mol. The van der Waals surface area contributed by atoms with Gasteiger partial charge in [-0.25, -0.2) is 0 Å². The van der Waals surface area contributed by atoms with Gasteiger partial charge in [0.25, 0.3) is 0 Å². The van der Waals surface area contributed by atoms with Gasteiger partial charge in [-0.3, -0.25) is 0 Å². The minimum Gasteiger partial charge on any atom is -0.508 e. The Kier molecular flexibility index (Phi) is 2.46. The van der Waals surface area contributed by atoms with Gasteiger partial charge >= 0.3 is 0 Å². The van der Waals surface area contributed by atoms with Gasteiger partial charge in [0.15, 0.2) is 11.5 Å². The van der Waals surface area contributed by atoms with Crippen LogP contribution in [-0.4, -0.2) is 32.6 Å². The first-order chi connectivity index (χ1) is 10.4. The van der Waals surface area contributed by atoms with Gasteiger partial charge in [0.2, 0.25) is 0 Å². The van der Waals surface area contributed by atoms with Crippen molar-refractivity contribution < 1.29 is 25.2 Å². The van der Waals surface area contributed by atoms with Crippen LogP contribution in [0.3, 0.4) is 0 Å². The van der Waals surface area contributed by atoms with Crippen LogP contribution in [0.5, 0.6) is 23.0 Å². The summed E-state index contributed by atoms with van der Waals surface area (Å²) in [6.07, 6.45) is 0.347. The lowest BCUT2D eigenvalue weighted by Gasteiger charge is -2.36. The number of aromatic hydroxyl groups is 3. The second-order valence-electron chi connectivity index (χ2n) is 6.22. The van der Waals surface area contributed by atoms with Gasteiger partial charge in [0.1, 0.15) is 23.7 Å². The number of ether oxygens (including phenoxy) is 1. The maximum Gasteiger partial charge on any atom is 0.157 e. The third kappa shape index (κ3) is 1.63. The smallest absolute Gasteiger partial charge is 0.157 e. The van der Waals surface area contributed by atoms with Gasteiger partial charge in [-0.2, -0.15) is 0 Å². The topological polar surface area (TPSA) is 90.2 Å². The van der Waals surface area contributed by atoms with Crippen molar-refractivity contribution in [3.05, 3.63) is 46.5 Å². The molecule has 1 aliphatic heterocycles. The molecule has 2 atom stereocenters.